The van der Waals surface area contributed by atoms with Crippen LogP contribution in [-0.2, 0) is 4.79 Å². The Kier molecular flexibility index (Phi) is 6.14. The predicted molar refractivity (Wildman–Crippen MR) is 118 cm³/mol. The van der Waals surface area contributed by atoms with Gasteiger partial charge in [-0.3, -0.25) is 4.79 Å². The smallest absolute Gasteiger partial charge is 0.263 e. The second kappa shape index (κ2) is 9.13. The van der Waals surface area contributed by atoms with Crippen LogP contribution >= 0.6 is 11.6 Å². The van der Waals surface area contributed by atoms with Crippen LogP contribution < -0.4 is 15.0 Å². The van der Waals surface area contributed by atoms with Crippen molar-refractivity contribution in [2.24, 2.45) is 5.92 Å². The van der Waals surface area contributed by atoms with Gasteiger partial charge in [0.1, 0.15) is 5.75 Å². The summed E-state index contributed by atoms with van der Waals surface area (Å²) < 4.78 is 6.07. The zero-order valence-electron chi connectivity index (χ0n) is 16.7. The first kappa shape index (κ1) is 20.2. The summed E-state index contributed by atoms with van der Waals surface area (Å²) in [4.78, 5) is 23.8. The second-order valence-electron chi connectivity index (χ2n) is 7.33. The Morgan fingerprint density at radius 2 is 1.90 bits per heavy atom. The average molecular weight is 423 g/mol. The zero-order chi connectivity index (χ0) is 20.9. The average Bonchev–Trinajstić information content (AvgIpc) is 2.77. The molecule has 1 N–H and O–H groups in total. The van der Waals surface area contributed by atoms with E-state index in [9.17, 15) is 4.79 Å². The van der Waals surface area contributed by atoms with Crippen molar-refractivity contribution in [2.75, 3.05) is 23.3 Å². The summed E-state index contributed by atoms with van der Waals surface area (Å²) in [5.74, 6) is 1.69. The largest absolute Gasteiger partial charge is 0.436 e. The topological polar surface area (TPSA) is 67.4 Å². The highest BCUT2D eigenvalue weighted by molar-refractivity contribution is 6.30. The number of hydrogen-bond acceptors (Lipinski definition) is 5. The molecule has 1 aromatic heterocycles. The maximum absolute atomic E-state index is 12.8. The first-order valence-corrected chi connectivity index (χ1v) is 10.3. The molecule has 30 heavy (non-hydrogen) atoms. The fourth-order valence-corrected chi connectivity index (χ4v) is 3.67. The molecule has 0 aliphatic carbocycles. The lowest BCUT2D eigenvalue weighted by molar-refractivity contribution is -0.120. The van der Waals surface area contributed by atoms with Crippen molar-refractivity contribution in [3.8, 4) is 11.6 Å². The third-order valence-corrected chi connectivity index (χ3v) is 5.40. The molecule has 1 amide bonds. The lowest BCUT2D eigenvalue weighted by Crippen LogP contribution is -2.41. The van der Waals surface area contributed by atoms with E-state index in [4.69, 9.17) is 16.3 Å². The van der Waals surface area contributed by atoms with Crippen LogP contribution in [0.2, 0.25) is 5.02 Å². The standard InChI is InChI=1S/C23H23ClN4O2/c1-16-5-2-3-7-20(16)30-23-21(25-12-13-26-23)28-14-4-6-17(15-28)22(29)27-19-10-8-18(24)9-11-19/h2-3,5,7-13,17H,4,6,14-15H2,1H3,(H,27,29). The van der Waals surface area contributed by atoms with E-state index in [-0.39, 0.29) is 11.8 Å². The number of aryl methyl sites for hydroxylation is 1. The molecule has 2 aromatic carbocycles. The highest BCUT2D eigenvalue weighted by Crippen LogP contribution is 2.32. The molecule has 0 bridgehead atoms. The number of benzene rings is 2. The summed E-state index contributed by atoms with van der Waals surface area (Å²) in [5.41, 5.74) is 1.76. The summed E-state index contributed by atoms with van der Waals surface area (Å²) in [7, 11) is 0. The third-order valence-electron chi connectivity index (χ3n) is 5.15. The molecule has 6 nitrogen and oxygen atoms in total. The zero-order valence-corrected chi connectivity index (χ0v) is 17.5. The van der Waals surface area contributed by atoms with Gasteiger partial charge in [0.15, 0.2) is 5.82 Å². The van der Waals surface area contributed by atoms with E-state index in [1.165, 1.54) is 0 Å². The number of carbonyl (C=O) groups is 1. The molecule has 7 heteroatoms. The number of aromatic nitrogens is 2. The number of halogens is 1. The predicted octanol–water partition coefficient (Wildman–Crippen LogP) is 5.09. The van der Waals surface area contributed by atoms with Crippen LogP contribution in [-0.4, -0.2) is 29.0 Å². The van der Waals surface area contributed by atoms with Crippen molar-refractivity contribution in [3.63, 3.8) is 0 Å². The Morgan fingerprint density at radius 1 is 1.13 bits per heavy atom. The number of carbonyl (C=O) groups excluding carboxylic acids is 1. The molecule has 0 radical (unpaired) electrons. The van der Waals surface area contributed by atoms with Gasteiger partial charge in [-0.1, -0.05) is 29.8 Å². The highest BCUT2D eigenvalue weighted by Gasteiger charge is 2.28. The molecular formula is C23H23ClN4O2. The fourth-order valence-electron chi connectivity index (χ4n) is 3.54. The minimum Gasteiger partial charge on any atom is -0.436 e. The fraction of sp³-hybridized carbons (Fsp3) is 0.261. The van der Waals surface area contributed by atoms with E-state index in [2.05, 4.69) is 20.2 Å². The van der Waals surface area contributed by atoms with Gasteiger partial charge in [-0.2, -0.15) is 0 Å². The van der Waals surface area contributed by atoms with Gasteiger partial charge < -0.3 is 15.0 Å². The number of ether oxygens (including phenoxy) is 1. The Balaban J connectivity index is 1.49. The first-order valence-electron chi connectivity index (χ1n) is 9.96. The summed E-state index contributed by atoms with van der Waals surface area (Å²) >= 11 is 5.92. The maximum Gasteiger partial charge on any atom is 0.263 e. The number of piperidine rings is 1. The van der Waals surface area contributed by atoms with Crippen LogP contribution in [0, 0.1) is 12.8 Å². The molecule has 0 spiro atoms. The summed E-state index contributed by atoms with van der Waals surface area (Å²) in [5, 5.41) is 3.62. The van der Waals surface area contributed by atoms with Gasteiger partial charge in [0.2, 0.25) is 5.91 Å². The van der Waals surface area contributed by atoms with Gasteiger partial charge >= 0.3 is 0 Å². The molecule has 1 aliphatic heterocycles. The number of anilines is 2. The van der Waals surface area contributed by atoms with E-state index in [1.807, 2.05) is 31.2 Å². The minimum atomic E-state index is -0.150. The van der Waals surface area contributed by atoms with Crippen LogP contribution in [0.1, 0.15) is 18.4 Å². The molecular weight excluding hydrogens is 400 g/mol. The molecule has 0 saturated carbocycles. The van der Waals surface area contributed by atoms with Gasteiger partial charge in [0.05, 0.1) is 5.92 Å². The molecule has 1 unspecified atom stereocenters. The van der Waals surface area contributed by atoms with Crippen molar-refractivity contribution in [1.82, 2.24) is 9.97 Å². The summed E-state index contributed by atoms with van der Waals surface area (Å²) in [6.07, 6.45) is 4.98. The number of nitrogens with zero attached hydrogens (tertiary/aromatic N) is 3. The van der Waals surface area contributed by atoms with E-state index >= 15 is 0 Å². The van der Waals surface area contributed by atoms with E-state index in [0.717, 1.165) is 36.4 Å². The molecule has 1 aliphatic rings. The van der Waals surface area contributed by atoms with Crippen LogP contribution in [0.3, 0.4) is 0 Å². The number of rotatable bonds is 5. The normalized spacial score (nSPS) is 16.2. The number of hydrogen-bond donors (Lipinski definition) is 1. The molecule has 1 fully saturated rings. The van der Waals surface area contributed by atoms with Crippen LogP contribution in [0.25, 0.3) is 0 Å². The van der Waals surface area contributed by atoms with Crippen molar-refractivity contribution in [2.45, 2.75) is 19.8 Å². The van der Waals surface area contributed by atoms with Crippen molar-refractivity contribution >= 4 is 29.0 Å². The van der Waals surface area contributed by atoms with Crippen molar-refractivity contribution in [3.05, 3.63) is 71.5 Å². The molecule has 1 saturated heterocycles. The molecule has 1 atom stereocenters. The molecule has 4 rings (SSSR count). The quantitative estimate of drug-likeness (QED) is 0.620. The Morgan fingerprint density at radius 3 is 2.70 bits per heavy atom. The number of nitrogens with one attached hydrogen (secondary N) is 1. The molecule has 2 heterocycles. The molecule has 154 valence electrons. The Hall–Kier alpha value is -3.12. The lowest BCUT2D eigenvalue weighted by Gasteiger charge is -2.33. The summed E-state index contributed by atoms with van der Waals surface area (Å²) in [6, 6.07) is 14.9. The van der Waals surface area contributed by atoms with E-state index in [1.54, 1.807) is 36.7 Å². The van der Waals surface area contributed by atoms with E-state index in [0.29, 0.717) is 23.3 Å². The van der Waals surface area contributed by atoms with E-state index < -0.39 is 0 Å². The van der Waals surface area contributed by atoms with Crippen molar-refractivity contribution in [1.29, 1.82) is 0 Å². The maximum atomic E-state index is 12.8. The van der Waals surface area contributed by atoms with Gasteiger partial charge in [-0.25, -0.2) is 9.97 Å². The lowest BCUT2D eigenvalue weighted by atomic mass is 9.97. The van der Waals surface area contributed by atoms with Crippen LogP contribution in [0.5, 0.6) is 11.6 Å². The SMILES string of the molecule is Cc1ccccc1Oc1nccnc1N1CCCC(C(=O)Nc2ccc(Cl)cc2)C1. The third kappa shape index (κ3) is 4.71. The van der Waals surface area contributed by atoms with Gasteiger partial charge in [-0.15, -0.1) is 0 Å². The van der Waals surface area contributed by atoms with Crippen LogP contribution in [0.15, 0.2) is 60.9 Å². The highest BCUT2D eigenvalue weighted by atomic mass is 35.5. The van der Waals surface area contributed by atoms with Crippen LogP contribution in [0.4, 0.5) is 11.5 Å². The second-order valence-corrected chi connectivity index (χ2v) is 7.77. The van der Waals surface area contributed by atoms with Crippen molar-refractivity contribution < 1.29 is 9.53 Å². The first-order chi connectivity index (χ1) is 14.6. The monoisotopic (exact) mass is 422 g/mol. The van der Waals surface area contributed by atoms with Gasteiger partial charge in [-0.05, 0) is 55.7 Å². The van der Waals surface area contributed by atoms with Gasteiger partial charge in [0.25, 0.3) is 5.88 Å². The number of amides is 1. The molecule has 3 aromatic rings. The Labute approximate surface area is 180 Å². The Bertz CT molecular complexity index is 1030. The number of para-hydroxylation sites is 1. The minimum absolute atomic E-state index is 0.00714. The van der Waals surface area contributed by atoms with Gasteiger partial charge in [0, 0.05) is 36.2 Å². The summed E-state index contributed by atoms with van der Waals surface area (Å²) in [6.45, 7) is 3.35.